The normalized spacial score (nSPS) is 16.4. The van der Waals surface area contributed by atoms with Crippen LogP contribution in [0.1, 0.15) is 31.9 Å². The summed E-state index contributed by atoms with van der Waals surface area (Å²) in [6.07, 6.45) is -2.31. The summed E-state index contributed by atoms with van der Waals surface area (Å²) in [6, 6.07) is 24.7. The van der Waals surface area contributed by atoms with Crippen LogP contribution >= 0.6 is 0 Å². The molecule has 42 heavy (non-hydrogen) atoms. The standard InChI is InChI=1S/C31H34N2O8S/c1-21(2)29(36)39-22(3)40-30(37)32-27(28(34)35)18-23-11-10-16-26(17-23)42(38)33-19-31(20-33,24-12-6-4-7-13-24)41-25-14-8-5-9-15-25/h4-17,21-22,27H,18-20H2,1-3H3,(H,32,37)(H,34,35). The molecule has 3 unspecified atom stereocenters. The summed E-state index contributed by atoms with van der Waals surface area (Å²) in [4.78, 5) is 36.4. The molecule has 1 aliphatic rings. The van der Waals surface area contributed by atoms with Gasteiger partial charge in [0.1, 0.15) is 22.8 Å². The molecule has 3 aromatic rings. The van der Waals surface area contributed by atoms with Crippen LogP contribution in [0.15, 0.2) is 89.8 Å². The number of ether oxygens (including phenoxy) is 3. The number of benzene rings is 3. The van der Waals surface area contributed by atoms with Crippen molar-refractivity contribution in [1.82, 2.24) is 9.62 Å². The maximum atomic E-state index is 13.5. The van der Waals surface area contributed by atoms with E-state index in [1.54, 1.807) is 42.4 Å². The average Bonchev–Trinajstić information content (AvgIpc) is 2.95. The third-order valence-corrected chi connectivity index (χ3v) is 8.00. The third-order valence-electron chi connectivity index (χ3n) is 6.61. The van der Waals surface area contributed by atoms with E-state index < -0.39 is 52.9 Å². The molecular formula is C31H34N2O8S. The minimum Gasteiger partial charge on any atom is -0.480 e. The van der Waals surface area contributed by atoms with E-state index in [-0.39, 0.29) is 6.42 Å². The zero-order valence-electron chi connectivity index (χ0n) is 23.6. The molecule has 222 valence electrons. The van der Waals surface area contributed by atoms with Gasteiger partial charge in [-0.05, 0) is 35.4 Å². The lowest BCUT2D eigenvalue weighted by Crippen LogP contribution is -2.62. The Morgan fingerprint density at radius 1 is 0.929 bits per heavy atom. The van der Waals surface area contributed by atoms with Gasteiger partial charge in [0.25, 0.3) is 0 Å². The van der Waals surface area contributed by atoms with Crippen LogP contribution < -0.4 is 10.1 Å². The molecule has 1 saturated heterocycles. The molecule has 1 aliphatic heterocycles. The number of amides is 1. The summed E-state index contributed by atoms with van der Waals surface area (Å²) in [7, 11) is -1.54. The molecule has 0 saturated carbocycles. The molecule has 0 bridgehead atoms. The van der Waals surface area contributed by atoms with Gasteiger partial charge in [-0.25, -0.2) is 18.1 Å². The van der Waals surface area contributed by atoms with Crippen molar-refractivity contribution in [1.29, 1.82) is 0 Å². The molecule has 3 aromatic carbocycles. The van der Waals surface area contributed by atoms with Crippen LogP contribution in [-0.2, 0) is 42.1 Å². The lowest BCUT2D eigenvalue weighted by atomic mass is 9.87. The van der Waals surface area contributed by atoms with Crippen LogP contribution in [0.4, 0.5) is 4.79 Å². The minimum absolute atomic E-state index is 0.0826. The zero-order valence-corrected chi connectivity index (χ0v) is 24.4. The fourth-order valence-electron chi connectivity index (χ4n) is 4.42. The fraction of sp³-hybridized carbons (Fsp3) is 0.323. The molecule has 1 heterocycles. The topological polar surface area (TPSA) is 131 Å². The molecule has 0 spiro atoms. The Hall–Kier alpha value is -4.22. The van der Waals surface area contributed by atoms with E-state index in [0.29, 0.717) is 29.3 Å². The highest BCUT2D eigenvalue weighted by Crippen LogP contribution is 2.39. The maximum Gasteiger partial charge on any atom is 0.410 e. The van der Waals surface area contributed by atoms with Gasteiger partial charge in [-0.1, -0.05) is 74.5 Å². The van der Waals surface area contributed by atoms with Crippen molar-refractivity contribution in [2.75, 3.05) is 13.1 Å². The summed E-state index contributed by atoms with van der Waals surface area (Å²) in [5, 5.41) is 12.0. The Labute approximate surface area is 247 Å². The van der Waals surface area contributed by atoms with Crippen LogP contribution in [0.5, 0.6) is 5.75 Å². The number of hydrogen-bond donors (Lipinski definition) is 2. The first-order chi connectivity index (χ1) is 20.1. The first-order valence-electron chi connectivity index (χ1n) is 13.5. The van der Waals surface area contributed by atoms with Gasteiger partial charge in [0, 0.05) is 13.3 Å². The Kier molecular flexibility index (Phi) is 9.97. The number of carboxylic acids is 1. The second-order valence-electron chi connectivity index (χ2n) is 10.3. The van der Waals surface area contributed by atoms with Crippen molar-refractivity contribution in [3.05, 3.63) is 96.1 Å². The number of esters is 1. The Balaban J connectivity index is 1.41. The monoisotopic (exact) mass is 594 g/mol. The van der Waals surface area contributed by atoms with Crippen LogP contribution in [0.3, 0.4) is 0 Å². The number of carbonyl (C=O) groups excluding carboxylic acids is 2. The van der Waals surface area contributed by atoms with Gasteiger partial charge in [-0.2, -0.15) is 0 Å². The van der Waals surface area contributed by atoms with Crippen molar-refractivity contribution >= 4 is 29.0 Å². The van der Waals surface area contributed by atoms with Crippen LogP contribution in [0.2, 0.25) is 0 Å². The minimum atomic E-state index is -1.54. The fourth-order valence-corrected chi connectivity index (χ4v) is 5.82. The number of nitrogens with zero attached hydrogens (tertiary/aromatic N) is 1. The highest BCUT2D eigenvalue weighted by atomic mass is 32.2. The van der Waals surface area contributed by atoms with Crippen molar-refractivity contribution in [2.45, 2.75) is 50.0 Å². The van der Waals surface area contributed by atoms with Gasteiger partial charge in [0.05, 0.1) is 23.9 Å². The molecule has 1 amide bonds. The number of rotatable bonds is 12. The predicted molar refractivity (Wildman–Crippen MR) is 155 cm³/mol. The zero-order chi connectivity index (χ0) is 30.3. The van der Waals surface area contributed by atoms with E-state index in [1.165, 1.54) is 6.92 Å². The summed E-state index contributed by atoms with van der Waals surface area (Å²) in [6.45, 7) is 5.40. The van der Waals surface area contributed by atoms with Gasteiger partial charge in [0.15, 0.2) is 5.60 Å². The molecule has 4 rings (SSSR count). The summed E-state index contributed by atoms with van der Waals surface area (Å²) in [5.41, 5.74) is 0.865. The predicted octanol–water partition coefficient (Wildman–Crippen LogP) is 4.27. The molecule has 3 atom stereocenters. The number of hydrogen-bond acceptors (Lipinski definition) is 7. The van der Waals surface area contributed by atoms with E-state index in [0.717, 1.165) is 5.56 Å². The van der Waals surface area contributed by atoms with E-state index in [2.05, 4.69) is 5.32 Å². The van der Waals surface area contributed by atoms with E-state index in [1.807, 2.05) is 60.7 Å². The van der Waals surface area contributed by atoms with Gasteiger partial charge in [-0.15, -0.1) is 0 Å². The van der Waals surface area contributed by atoms with Crippen molar-refractivity contribution < 1.29 is 37.9 Å². The van der Waals surface area contributed by atoms with Gasteiger partial charge in [0.2, 0.25) is 6.29 Å². The van der Waals surface area contributed by atoms with Crippen molar-refractivity contribution in [3.8, 4) is 5.75 Å². The molecular weight excluding hydrogens is 560 g/mol. The number of carbonyl (C=O) groups is 3. The third kappa shape index (κ3) is 7.74. The van der Waals surface area contributed by atoms with E-state index in [9.17, 15) is 23.7 Å². The van der Waals surface area contributed by atoms with Crippen molar-refractivity contribution in [3.63, 3.8) is 0 Å². The van der Waals surface area contributed by atoms with Gasteiger partial charge >= 0.3 is 18.0 Å². The van der Waals surface area contributed by atoms with Crippen molar-refractivity contribution in [2.24, 2.45) is 5.92 Å². The Bertz CT molecular complexity index is 1410. The SMILES string of the molecule is CC(OC(=O)NC(Cc1cccc(S(=O)N2CC(Oc3ccccc3)(c3ccccc3)C2)c1)C(=O)O)OC(=O)C(C)C. The highest BCUT2D eigenvalue weighted by Gasteiger charge is 2.49. The number of carboxylic acid groups (broad SMARTS) is 1. The second-order valence-corrected chi connectivity index (χ2v) is 11.8. The largest absolute Gasteiger partial charge is 0.480 e. The summed E-state index contributed by atoms with van der Waals surface area (Å²) in [5.74, 6) is -1.53. The lowest BCUT2D eigenvalue weighted by molar-refractivity contribution is -0.169. The Morgan fingerprint density at radius 3 is 2.19 bits per heavy atom. The van der Waals surface area contributed by atoms with Crippen LogP contribution in [-0.4, -0.2) is 57.1 Å². The molecule has 2 N–H and O–H groups in total. The first-order valence-corrected chi connectivity index (χ1v) is 14.6. The van der Waals surface area contributed by atoms with Crippen LogP contribution in [0, 0.1) is 5.92 Å². The first kappa shape index (κ1) is 30.7. The second kappa shape index (κ2) is 13.6. The van der Waals surface area contributed by atoms with Gasteiger partial charge in [-0.3, -0.25) is 4.79 Å². The lowest BCUT2D eigenvalue weighted by Gasteiger charge is -2.48. The van der Waals surface area contributed by atoms with E-state index in [4.69, 9.17) is 14.2 Å². The molecule has 0 aromatic heterocycles. The maximum absolute atomic E-state index is 13.5. The Morgan fingerprint density at radius 2 is 1.57 bits per heavy atom. The average molecular weight is 595 g/mol. The quantitative estimate of drug-likeness (QED) is 0.235. The molecule has 10 nitrogen and oxygen atoms in total. The number of nitrogens with one attached hydrogen (secondary N) is 1. The summed E-state index contributed by atoms with van der Waals surface area (Å²) < 4.78 is 31.7. The number of para-hydroxylation sites is 1. The van der Waals surface area contributed by atoms with Crippen LogP contribution in [0.25, 0.3) is 0 Å². The number of alkyl carbamates (subject to hydrolysis) is 1. The van der Waals surface area contributed by atoms with Gasteiger partial charge < -0.3 is 24.6 Å². The van der Waals surface area contributed by atoms with E-state index >= 15 is 0 Å². The smallest absolute Gasteiger partial charge is 0.410 e. The highest BCUT2D eigenvalue weighted by molar-refractivity contribution is 7.82. The summed E-state index contributed by atoms with van der Waals surface area (Å²) >= 11 is 0. The molecule has 1 fully saturated rings. The molecule has 0 aliphatic carbocycles. The number of aliphatic carboxylic acids is 1. The molecule has 11 heteroatoms. The molecule has 0 radical (unpaired) electrons.